The molecule has 0 aliphatic rings. The molecule has 1 amide bonds. The van der Waals surface area contributed by atoms with Crippen molar-refractivity contribution in [3.8, 4) is 0 Å². The van der Waals surface area contributed by atoms with Crippen LogP contribution in [0.25, 0.3) is 0 Å². The van der Waals surface area contributed by atoms with Crippen LogP contribution in [0.5, 0.6) is 0 Å². The molecular weight excluding hydrogens is 376 g/mol. The minimum atomic E-state index is -0.557. The molecule has 24 heavy (non-hydrogen) atoms. The highest BCUT2D eigenvalue weighted by Gasteiger charge is 2.16. The van der Waals surface area contributed by atoms with Crippen LogP contribution in [-0.4, -0.2) is 42.3 Å². The van der Waals surface area contributed by atoms with Gasteiger partial charge in [0, 0.05) is 36.1 Å². The van der Waals surface area contributed by atoms with Gasteiger partial charge in [-0.05, 0) is 38.5 Å². The first-order valence-corrected chi connectivity index (χ1v) is 8.62. The molecule has 3 N–H and O–H groups in total. The van der Waals surface area contributed by atoms with E-state index in [1.54, 1.807) is 20.8 Å². The molecule has 1 rings (SSSR count). The second-order valence-electron chi connectivity index (χ2n) is 6.35. The topological polar surface area (TPSA) is 87.7 Å². The van der Waals surface area contributed by atoms with Gasteiger partial charge in [0.2, 0.25) is 0 Å². The summed E-state index contributed by atoms with van der Waals surface area (Å²) in [6, 6.07) is 5.60. The molecule has 1 aromatic carbocycles. The highest BCUT2D eigenvalue weighted by atomic mass is 79.9. The van der Waals surface area contributed by atoms with Crippen LogP contribution in [0.2, 0.25) is 0 Å². The van der Waals surface area contributed by atoms with E-state index in [0.717, 1.165) is 15.7 Å². The second kappa shape index (κ2) is 9.64. The average molecular weight is 401 g/mol. The minimum Gasteiger partial charge on any atom is -0.444 e. The summed E-state index contributed by atoms with van der Waals surface area (Å²) in [5.41, 5.74) is 1.11. The van der Waals surface area contributed by atoms with Crippen molar-refractivity contribution in [3.05, 3.63) is 28.2 Å². The smallest absolute Gasteiger partial charge is 0.407 e. The first-order chi connectivity index (χ1) is 11.2. The SMILES string of the molecule is CC(C)(C)OC(=O)NCCC(=O)Cc1ccc(Br)cc1NCCO. The van der Waals surface area contributed by atoms with Crippen molar-refractivity contribution in [3.63, 3.8) is 0 Å². The summed E-state index contributed by atoms with van der Waals surface area (Å²) in [6.45, 7) is 6.02. The summed E-state index contributed by atoms with van der Waals surface area (Å²) in [6.07, 6.45) is -0.0320. The molecular formula is C17H25BrN2O4. The zero-order chi connectivity index (χ0) is 18.2. The number of ether oxygens (including phenoxy) is 1. The number of carbonyl (C=O) groups excluding carboxylic acids is 2. The number of carbonyl (C=O) groups is 2. The van der Waals surface area contributed by atoms with Crippen molar-refractivity contribution in [1.82, 2.24) is 5.32 Å². The van der Waals surface area contributed by atoms with Gasteiger partial charge in [-0.3, -0.25) is 4.79 Å². The fourth-order valence-corrected chi connectivity index (χ4v) is 2.34. The molecule has 0 aromatic heterocycles. The van der Waals surface area contributed by atoms with Gasteiger partial charge in [0.25, 0.3) is 0 Å². The molecule has 1 aromatic rings. The lowest BCUT2D eigenvalue weighted by molar-refractivity contribution is -0.118. The molecule has 0 spiro atoms. The molecule has 0 unspecified atom stereocenters. The number of alkyl carbamates (subject to hydrolysis) is 1. The second-order valence-corrected chi connectivity index (χ2v) is 7.26. The fraction of sp³-hybridized carbons (Fsp3) is 0.529. The molecule has 0 saturated heterocycles. The number of ketones is 1. The van der Waals surface area contributed by atoms with E-state index in [9.17, 15) is 9.59 Å². The highest BCUT2D eigenvalue weighted by Crippen LogP contribution is 2.22. The Kier molecular flexibility index (Phi) is 8.21. The number of benzene rings is 1. The summed E-state index contributed by atoms with van der Waals surface area (Å²) in [4.78, 5) is 23.6. The molecule has 0 heterocycles. The molecule has 0 aliphatic carbocycles. The van der Waals surface area contributed by atoms with E-state index in [0.29, 0.717) is 6.54 Å². The van der Waals surface area contributed by atoms with Gasteiger partial charge in [-0.2, -0.15) is 0 Å². The van der Waals surface area contributed by atoms with E-state index in [1.165, 1.54) is 0 Å². The lowest BCUT2D eigenvalue weighted by Gasteiger charge is -2.19. The van der Waals surface area contributed by atoms with Gasteiger partial charge in [-0.15, -0.1) is 0 Å². The number of rotatable bonds is 8. The molecule has 0 atom stereocenters. The molecule has 0 fully saturated rings. The Morgan fingerprint density at radius 2 is 1.96 bits per heavy atom. The predicted octanol–water partition coefficient (Wildman–Crippen LogP) is 2.88. The Morgan fingerprint density at radius 1 is 1.25 bits per heavy atom. The van der Waals surface area contributed by atoms with Crippen molar-refractivity contribution in [2.45, 2.75) is 39.2 Å². The first-order valence-electron chi connectivity index (χ1n) is 7.83. The van der Waals surface area contributed by atoms with E-state index < -0.39 is 11.7 Å². The lowest BCUT2D eigenvalue weighted by Crippen LogP contribution is -2.33. The molecule has 0 aliphatic heterocycles. The number of Topliss-reactive ketones (excluding diaryl/α,β-unsaturated/α-hetero) is 1. The van der Waals surface area contributed by atoms with Crippen LogP contribution in [0.3, 0.4) is 0 Å². The van der Waals surface area contributed by atoms with E-state index >= 15 is 0 Å². The number of hydrogen-bond donors (Lipinski definition) is 3. The largest absolute Gasteiger partial charge is 0.444 e. The number of aliphatic hydroxyl groups is 1. The zero-order valence-corrected chi connectivity index (χ0v) is 15.9. The summed E-state index contributed by atoms with van der Waals surface area (Å²) < 4.78 is 6.01. The molecule has 134 valence electrons. The van der Waals surface area contributed by atoms with Crippen LogP contribution < -0.4 is 10.6 Å². The van der Waals surface area contributed by atoms with Crippen molar-refractivity contribution >= 4 is 33.5 Å². The number of anilines is 1. The Hall–Kier alpha value is -1.60. The van der Waals surface area contributed by atoms with Crippen LogP contribution in [0.15, 0.2) is 22.7 Å². The van der Waals surface area contributed by atoms with E-state index in [4.69, 9.17) is 9.84 Å². The van der Waals surface area contributed by atoms with Crippen LogP contribution in [0.4, 0.5) is 10.5 Å². The van der Waals surface area contributed by atoms with Gasteiger partial charge in [-0.25, -0.2) is 4.79 Å². The Labute approximate surface area is 151 Å². The van der Waals surface area contributed by atoms with Gasteiger partial charge in [0.1, 0.15) is 11.4 Å². The number of halogens is 1. The van der Waals surface area contributed by atoms with E-state index in [-0.39, 0.29) is 31.8 Å². The molecule has 6 nitrogen and oxygen atoms in total. The normalized spacial score (nSPS) is 11.0. The van der Waals surface area contributed by atoms with Crippen molar-refractivity contribution < 1.29 is 19.4 Å². The monoisotopic (exact) mass is 400 g/mol. The quantitative estimate of drug-likeness (QED) is 0.624. The van der Waals surface area contributed by atoms with E-state index in [1.807, 2.05) is 18.2 Å². The maximum Gasteiger partial charge on any atom is 0.407 e. The van der Waals surface area contributed by atoms with Gasteiger partial charge in [0.05, 0.1) is 6.61 Å². The number of hydrogen-bond acceptors (Lipinski definition) is 5. The van der Waals surface area contributed by atoms with Crippen molar-refractivity contribution in [2.24, 2.45) is 0 Å². The average Bonchev–Trinajstić information content (AvgIpc) is 2.45. The Balaban J connectivity index is 2.49. The Bertz CT molecular complexity index is 570. The Morgan fingerprint density at radius 3 is 2.58 bits per heavy atom. The number of amides is 1. The minimum absolute atomic E-state index is 0.0136. The molecule has 0 saturated carbocycles. The standard InChI is InChI=1S/C17H25BrN2O4/c1-17(2,3)24-16(23)20-7-6-14(22)10-12-4-5-13(18)11-15(12)19-8-9-21/h4-5,11,19,21H,6-10H2,1-3H3,(H,20,23). The highest BCUT2D eigenvalue weighted by molar-refractivity contribution is 9.10. The van der Waals surface area contributed by atoms with Crippen LogP contribution in [-0.2, 0) is 16.0 Å². The summed E-state index contributed by atoms with van der Waals surface area (Å²) in [5, 5.41) is 14.6. The van der Waals surface area contributed by atoms with Crippen LogP contribution in [0, 0.1) is 0 Å². The van der Waals surface area contributed by atoms with Gasteiger partial charge >= 0.3 is 6.09 Å². The molecule has 0 radical (unpaired) electrons. The predicted molar refractivity (Wildman–Crippen MR) is 97.3 cm³/mol. The maximum atomic E-state index is 12.1. The summed E-state index contributed by atoms with van der Waals surface area (Å²) in [5.74, 6) is 0.0143. The summed E-state index contributed by atoms with van der Waals surface area (Å²) >= 11 is 3.39. The molecule has 7 heteroatoms. The number of nitrogens with one attached hydrogen (secondary N) is 2. The molecule has 0 bridgehead atoms. The summed E-state index contributed by atoms with van der Waals surface area (Å²) in [7, 11) is 0. The first kappa shape index (κ1) is 20.4. The fourth-order valence-electron chi connectivity index (χ4n) is 1.98. The van der Waals surface area contributed by atoms with Gasteiger partial charge in [-0.1, -0.05) is 22.0 Å². The lowest BCUT2D eigenvalue weighted by atomic mass is 10.0. The van der Waals surface area contributed by atoms with Crippen LogP contribution >= 0.6 is 15.9 Å². The van der Waals surface area contributed by atoms with E-state index in [2.05, 4.69) is 26.6 Å². The van der Waals surface area contributed by atoms with Crippen molar-refractivity contribution in [1.29, 1.82) is 0 Å². The van der Waals surface area contributed by atoms with Gasteiger partial charge in [0.15, 0.2) is 0 Å². The van der Waals surface area contributed by atoms with Gasteiger partial charge < -0.3 is 20.5 Å². The maximum absolute atomic E-state index is 12.1. The number of aliphatic hydroxyl groups excluding tert-OH is 1. The van der Waals surface area contributed by atoms with Crippen LogP contribution in [0.1, 0.15) is 32.8 Å². The third kappa shape index (κ3) is 8.31. The zero-order valence-electron chi connectivity index (χ0n) is 14.3. The van der Waals surface area contributed by atoms with Crippen molar-refractivity contribution in [2.75, 3.05) is 25.0 Å². The third-order valence-corrected chi connectivity index (χ3v) is 3.45. The third-order valence-electron chi connectivity index (χ3n) is 2.96.